The molecule has 0 aliphatic carbocycles. The van der Waals surface area contributed by atoms with Crippen molar-refractivity contribution in [1.82, 2.24) is 0 Å². The normalized spacial score (nSPS) is 17.0. The van der Waals surface area contributed by atoms with Gasteiger partial charge in [-0.2, -0.15) is 0 Å². The number of hydrogen-bond acceptors (Lipinski definition) is 3. The number of Topliss-reactive ketones (excluding diaryl/α,β-unsaturated/α-hetero) is 1. The van der Waals surface area contributed by atoms with Crippen LogP contribution in [0.15, 0.2) is 66.7 Å². The highest BCUT2D eigenvalue weighted by molar-refractivity contribution is 6.00. The van der Waals surface area contributed by atoms with E-state index in [1.54, 1.807) is 24.3 Å². The van der Waals surface area contributed by atoms with Crippen molar-refractivity contribution in [2.45, 2.75) is 12.3 Å². The van der Waals surface area contributed by atoms with Crippen molar-refractivity contribution in [2.24, 2.45) is 0 Å². The number of carbonyl (C=O) groups is 2. The predicted octanol–water partition coefficient (Wildman–Crippen LogP) is 3.52. The van der Waals surface area contributed by atoms with Crippen LogP contribution in [0.5, 0.6) is 5.75 Å². The van der Waals surface area contributed by atoms with Crippen molar-refractivity contribution < 1.29 is 14.3 Å². The lowest BCUT2D eigenvalue weighted by molar-refractivity contribution is -0.131. The lowest BCUT2D eigenvalue weighted by Gasteiger charge is -2.25. The van der Waals surface area contributed by atoms with Gasteiger partial charge in [-0.3, -0.25) is 4.79 Å². The zero-order valence-corrected chi connectivity index (χ0v) is 11.4. The molecule has 0 unspecified atom stereocenters. The van der Waals surface area contributed by atoms with Gasteiger partial charge in [-0.05, 0) is 6.07 Å². The van der Waals surface area contributed by atoms with Crippen LogP contribution in [0.25, 0.3) is 0 Å². The second kappa shape index (κ2) is 5.37. The fourth-order valence-corrected chi connectivity index (χ4v) is 2.52. The molecule has 2 aromatic rings. The Hall–Kier alpha value is -2.68. The Labute approximate surface area is 122 Å². The van der Waals surface area contributed by atoms with Gasteiger partial charge in [-0.15, -0.1) is 0 Å². The van der Waals surface area contributed by atoms with E-state index in [4.69, 9.17) is 4.74 Å². The van der Waals surface area contributed by atoms with Crippen molar-refractivity contribution in [3.63, 3.8) is 0 Å². The van der Waals surface area contributed by atoms with Gasteiger partial charge in [0.25, 0.3) is 0 Å². The number of ketones is 1. The van der Waals surface area contributed by atoms with E-state index in [2.05, 4.69) is 6.58 Å². The van der Waals surface area contributed by atoms with Crippen molar-refractivity contribution in [2.75, 3.05) is 0 Å². The summed E-state index contributed by atoms with van der Waals surface area (Å²) in [4.78, 5) is 24.2. The van der Waals surface area contributed by atoms with Crippen molar-refractivity contribution in [1.29, 1.82) is 0 Å². The van der Waals surface area contributed by atoms with Crippen LogP contribution >= 0.6 is 0 Å². The highest BCUT2D eigenvalue weighted by Gasteiger charge is 2.32. The number of para-hydroxylation sites is 1. The molecule has 0 spiro atoms. The van der Waals surface area contributed by atoms with Gasteiger partial charge in [0, 0.05) is 29.0 Å². The van der Waals surface area contributed by atoms with Gasteiger partial charge in [0.15, 0.2) is 5.78 Å². The Morgan fingerprint density at radius 1 is 1.05 bits per heavy atom. The molecule has 0 saturated heterocycles. The molecule has 0 amide bonds. The number of carbonyl (C=O) groups excluding carboxylic acids is 2. The molecule has 0 radical (unpaired) electrons. The summed E-state index contributed by atoms with van der Waals surface area (Å²) in [5.41, 5.74) is 1.81. The number of ether oxygens (including phenoxy) is 1. The van der Waals surface area contributed by atoms with Gasteiger partial charge in [-0.1, -0.05) is 55.1 Å². The third kappa shape index (κ3) is 2.50. The highest BCUT2D eigenvalue weighted by Crippen LogP contribution is 2.39. The van der Waals surface area contributed by atoms with Gasteiger partial charge in [0.1, 0.15) is 5.75 Å². The quantitative estimate of drug-likeness (QED) is 0.373. The molecule has 0 bridgehead atoms. The van der Waals surface area contributed by atoms with E-state index in [9.17, 15) is 9.59 Å². The molecule has 104 valence electrons. The zero-order valence-electron chi connectivity index (χ0n) is 11.4. The van der Waals surface area contributed by atoms with Crippen LogP contribution in [-0.2, 0) is 4.79 Å². The van der Waals surface area contributed by atoms with Crippen LogP contribution in [-0.4, -0.2) is 11.8 Å². The molecular formula is C18H14O3. The smallest absolute Gasteiger partial charge is 0.339 e. The number of esters is 1. The van der Waals surface area contributed by atoms with E-state index < -0.39 is 5.97 Å². The molecule has 21 heavy (non-hydrogen) atoms. The summed E-state index contributed by atoms with van der Waals surface area (Å²) in [6, 6.07) is 16.3. The summed E-state index contributed by atoms with van der Waals surface area (Å²) >= 11 is 0. The summed E-state index contributed by atoms with van der Waals surface area (Å²) < 4.78 is 5.21. The maximum absolute atomic E-state index is 12.4. The summed E-state index contributed by atoms with van der Waals surface area (Å²) in [6.07, 6.45) is 0.217. The first-order valence-electron chi connectivity index (χ1n) is 6.75. The molecular weight excluding hydrogens is 264 g/mol. The van der Waals surface area contributed by atoms with Gasteiger partial charge in [0.05, 0.1) is 0 Å². The van der Waals surface area contributed by atoms with E-state index in [1.807, 2.05) is 30.3 Å². The Kier molecular flexibility index (Phi) is 3.40. The predicted molar refractivity (Wildman–Crippen MR) is 79.3 cm³/mol. The van der Waals surface area contributed by atoms with Crippen molar-refractivity contribution >= 4 is 11.8 Å². The zero-order chi connectivity index (χ0) is 14.8. The molecule has 1 aliphatic heterocycles. The van der Waals surface area contributed by atoms with Crippen LogP contribution in [0.3, 0.4) is 0 Å². The van der Waals surface area contributed by atoms with Crippen LogP contribution in [0, 0.1) is 0 Å². The van der Waals surface area contributed by atoms with Crippen LogP contribution < -0.4 is 4.74 Å². The van der Waals surface area contributed by atoms with Crippen molar-refractivity contribution in [3.05, 3.63) is 77.9 Å². The Balaban J connectivity index is 1.92. The molecule has 1 aliphatic rings. The summed E-state index contributed by atoms with van der Waals surface area (Å²) in [7, 11) is 0. The molecule has 3 nitrogen and oxygen atoms in total. The number of rotatable bonds is 3. The fourth-order valence-electron chi connectivity index (χ4n) is 2.52. The number of benzene rings is 2. The first kappa shape index (κ1) is 13.3. The molecule has 2 aromatic carbocycles. The van der Waals surface area contributed by atoms with Crippen LogP contribution in [0.2, 0.25) is 0 Å². The minimum atomic E-state index is -0.459. The van der Waals surface area contributed by atoms with Crippen LogP contribution in [0.4, 0.5) is 0 Å². The first-order chi connectivity index (χ1) is 10.2. The fraction of sp³-hybridized carbons (Fsp3) is 0.111. The summed E-state index contributed by atoms with van der Waals surface area (Å²) in [5, 5.41) is 0. The molecule has 1 heterocycles. The second-order valence-corrected chi connectivity index (χ2v) is 5.00. The molecule has 1 atom stereocenters. The highest BCUT2D eigenvalue weighted by atomic mass is 16.5. The number of hydrogen-bond donors (Lipinski definition) is 0. The molecule has 3 heteroatoms. The molecule has 0 aromatic heterocycles. The first-order valence-corrected chi connectivity index (χ1v) is 6.75. The van der Waals surface area contributed by atoms with E-state index >= 15 is 0 Å². The monoisotopic (exact) mass is 278 g/mol. The lowest BCUT2D eigenvalue weighted by atomic mass is 9.84. The third-order valence-electron chi connectivity index (χ3n) is 3.67. The minimum absolute atomic E-state index is 0.00810. The average Bonchev–Trinajstić information content (AvgIpc) is 2.52. The van der Waals surface area contributed by atoms with E-state index in [1.165, 1.54) is 0 Å². The van der Waals surface area contributed by atoms with E-state index in [-0.39, 0.29) is 18.1 Å². The third-order valence-corrected chi connectivity index (χ3v) is 3.67. The van der Waals surface area contributed by atoms with Gasteiger partial charge < -0.3 is 4.74 Å². The maximum atomic E-state index is 12.4. The Morgan fingerprint density at radius 3 is 2.48 bits per heavy atom. The SMILES string of the molecule is C=C1C(=O)Oc2ccccc2[C@@H]1CC(=O)c1ccccc1. The Bertz CT molecular complexity index is 716. The standard InChI is InChI=1S/C18H14O3/c1-12-15(11-16(19)13-7-3-2-4-8-13)14-9-5-6-10-17(14)21-18(12)20/h2-10,15H,1,11H2/t15-/m1/s1. The second-order valence-electron chi connectivity index (χ2n) is 5.00. The molecule has 3 rings (SSSR count). The lowest BCUT2D eigenvalue weighted by Crippen LogP contribution is -2.24. The maximum Gasteiger partial charge on any atom is 0.339 e. The van der Waals surface area contributed by atoms with Crippen LogP contribution in [0.1, 0.15) is 28.3 Å². The van der Waals surface area contributed by atoms with Gasteiger partial charge in [0.2, 0.25) is 0 Å². The minimum Gasteiger partial charge on any atom is -0.423 e. The van der Waals surface area contributed by atoms with Crippen molar-refractivity contribution in [3.8, 4) is 5.75 Å². The molecule has 0 fully saturated rings. The van der Waals surface area contributed by atoms with E-state index in [0.29, 0.717) is 16.9 Å². The van der Waals surface area contributed by atoms with E-state index in [0.717, 1.165) is 5.56 Å². The Morgan fingerprint density at radius 2 is 1.71 bits per heavy atom. The summed E-state index contributed by atoms with van der Waals surface area (Å²) in [5.74, 6) is -0.276. The van der Waals surface area contributed by atoms with Gasteiger partial charge in [-0.25, -0.2) is 4.79 Å². The number of fused-ring (bicyclic) bond motifs is 1. The topological polar surface area (TPSA) is 43.4 Å². The largest absolute Gasteiger partial charge is 0.423 e. The average molecular weight is 278 g/mol. The molecule has 0 N–H and O–H groups in total. The molecule has 0 saturated carbocycles. The van der Waals surface area contributed by atoms with Gasteiger partial charge >= 0.3 is 5.97 Å². The summed E-state index contributed by atoms with van der Waals surface area (Å²) in [6.45, 7) is 3.80.